The molecule has 12 heteroatoms. The number of rotatable bonds is 17. The van der Waals surface area contributed by atoms with E-state index < -0.39 is 54.3 Å². The minimum atomic E-state index is -1.32. The first-order valence-corrected chi connectivity index (χ1v) is 12.0. The molecule has 0 spiro atoms. The first kappa shape index (κ1) is 31.8. The monoisotopic (exact) mass is 505 g/mol. The van der Waals surface area contributed by atoms with Crippen molar-refractivity contribution in [3.63, 3.8) is 0 Å². The average Bonchev–Trinajstić information content (AvgIpc) is 2.74. The summed E-state index contributed by atoms with van der Waals surface area (Å²) in [5.41, 5.74) is 11.1. The van der Waals surface area contributed by atoms with Gasteiger partial charge in [0, 0.05) is 0 Å². The number of ketones is 1. The molecule has 4 atom stereocenters. The topological polar surface area (TPSA) is 194 Å². The number of carbonyl (C=O) groups excluding carboxylic acids is 4. The van der Waals surface area contributed by atoms with Crippen molar-refractivity contribution in [2.75, 3.05) is 12.4 Å². The lowest BCUT2D eigenvalue weighted by Gasteiger charge is -2.28. The maximum absolute atomic E-state index is 13.0. The molecule has 0 aliphatic heterocycles. The molecule has 0 aromatic heterocycles. The van der Waals surface area contributed by atoms with Gasteiger partial charge in [-0.25, -0.2) is 0 Å². The van der Waals surface area contributed by atoms with Gasteiger partial charge in [0.15, 0.2) is 5.78 Å². The number of carboxylic acid groups (broad SMARTS) is 1. The Morgan fingerprint density at radius 3 is 1.94 bits per heavy atom. The Hall–Kier alpha value is -2.24. The van der Waals surface area contributed by atoms with E-state index in [1.54, 1.807) is 13.8 Å². The van der Waals surface area contributed by atoms with E-state index in [1.807, 2.05) is 13.8 Å². The molecule has 0 radical (unpaired) electrons. The van der Waals surface area contributed by atoms with Gasteiger partial charge in [0.05, 0.1) is 24.4 Å². The van der Waals surface area contributed by atoms with Crippen LogP contribution in [0.1, 0.15) is 59.8 Å². The van der Waals surface area contributed by atoms with E-state index in [9.17, 15) is 24.0 Å². The summed E-state index contributed by atoms with van der Waals surface area (Å²) in [6.07, 6.45) is 1.40. The standard InChI is InChI=1S/C22H40ClN5O6/c1-12(2)9-16(21(33)26-15(17(29)11-23)7-5-6-8-24)27-22(34)19(13(3)4)28-20(32)14(25)10-18(30)31/h12-16,19H,5-11,24-25H2,1-4H3,(H,26,33)(H,27,34)(H,28,32)(H,30,31). The van der Waals surface area contributed by atoms with Gasteiger partial charge in [0.2, 0.25) is 17.7 Å². The van der Waals surface area contributed by atoms with Gasteiger partial charge in [-0.05, 0) is 44.1 Å². The Kier molecular flexibility index (Phi) is 15.3. The summed E-state index contributed by atoms with van der Waals surface area (Å²) in [6, 6.07) is -4.12. The number of nitrogens with two attached hydrogens (primary N) is 2. The zero-order chi connectivity index (χ0) is 26.4. The highest BCUT2D eigenvalue weighted by Crippen LogP contribution is 2.10. The first-order valence-electron chi connectivity index (χ1n) is 11.5. The molecule has 11 nitrogen and oxygen atoms in total. The Labute approximate surface area is 206 Å². The highest BCUT2D eigenvalue weighted by Gasteiger charge is 2.32. The minimum absolute atomic E-state index is 0.0338. The molecular weight excluding hydrogens is 466 g/mol. The van der Waals surface area contributed by atoms with Crippen LogP contribution in [0.3, 0.4) is 0 Å². The summed E-state index contributed by atoms with van der Waals surface area (Å²) in [5, 5.41) is 16.6. The van der Waals surface area contributed by atoms with Gasteiger partial charge < -0.3 is 32.5 Å². The molecule has 196 valence electrons. The van der Waals surface area contributed by atoms with Crippen LogP contribution in [-0.4, -0.2) is 71.2 Å². The largest absolute Gasteiger partial charge is 0.481 e. The van der Waals surface area contributed by atoms with Crippen LogP contribution in [0, 0.1) is 11.8 Å². The summed E-state index contributed by atoms with van der Waals surface area (Å²) >= 11 is 5.69. The summed E-state index contributed by atoms with van der Waals surface area (Å²) in [4.78, 5) is 61.3. The van der Waals surface area contributed by atoms with Crippen molar-refractivity contribution >= 4 is 41.1 Å². The maximum Gasteiger partial charge on any atom is 0.305 e. The smallest absolute Gasteiger partial charge is 0.305 e. The van der Waals surface area contributed by atoms with E-state index in [2.05, 4.69) is 16.0 Å². The fourth-order valence-electron chi connectivity index (χ4n) is 3.21. The molecule has 8 N–H and O–H groups in total. The minimum Gasteiger partial charge on any atom is -0.481 e. The number of hydrogen-bond acceptors (Lipinski definition) is 7. The number of aliphatic carboxylic acids is 1. The Balaban J connectivity index is 5.47. The van der Waals surface area contributed by atoms with Crippen LogP contribution < -0.4 is 27.4 Å². The van der Waals surface area contributed by atoms with Crippen molar-refractivity contribution < 1.29 is 29.1 Å². The third-order valence-corrected chi connectivity index (χ3v) is 5.37. The molecule has 4 unspecified atom stereocenters. The molecule has 0 heterocycles. The van der Waals surface area contributed by atoms with Crippen LogP contribution in [0.15, 0.2) is 0 Å². The number of hydrogen-bond donors (Lipinski definition) is 6. The van der Waals surface area contributed by atoms with Crippen LogP contribution in [-0.2, 0) is 24.0 Å². The molecule has 0 rings (SSSR count). The zero-order valence-corrected chi connectivity index (χ0v) is 21.2. The van der Waals surface area contributed by atoms with Crippen molar-refractivity contribution in [2.24, 2.45) is 23.3 Å². The van der Waals surface area contributed by atoms with Crippen molar-refractivity contribution in [1.82, 2.24) is 16.0 Å². The summed E-state index contributed by atoms with van der Waals surface area (Å²) in [5.74, 6) is -4.10. The van der Waals surface area contributed by atoms with Gasteiger partial charge in [-0.15, -0.1) is 11.6 Å². The van der Waals surface area contributed by atoms with Crippen LogP contribution in [0.2, 0.25) is 0 Å². The van der Waals surface area contributed by atoms with Crippen LogP contribution in [0.4, 0.5) is 0 Å². The van der Waals surface area contributed by atoms with Crippen molar-refractivity contribution in [1.29, 1.82) is 0 Å². The number of amides is 3. The molecule has 3 amide bonds. The number of Topliss-reactive ketones (excluding diaryl/α,β-unsaturated/α-hetero) is 1. The average molecular weight is 506 g/mol. The molecule has 0 aliphatic rings. The molecule has 0 fully saturated rings. The van der Waals surface area contributed by atoms with Gasteiger partial charge in [-0.3, -0.25) is 24.0 Å². The van der Waals surface area contributed by atoms with Crippen LogP contribution >= 0.6 is 11.6 Å². The second-order valence-corrected chi connectivity index (χ2v) is 9.34. The quantitative estimate of drug-likeness (QED) is 0.116. The first-order chi connectivity index (χ1) is 15.8. The lowest BCUT2D eigenvalue weighted by atomic mass is 9.98. The number of carbonyl (C=O) groups is 5. The van der Waals surface area contributed by atoms with E-state index in [4.69, 9.17) is 28.2 Å². The zero-order valence-electron chi connectivity index (χ0n) is 20.4. The lowest BCUT2D eigenvalue weighted by Crippen LogP contribution is -2.58. The number of carboxylic acids is 1. The third kappa shape index (κ3) is 12.3. The Morgan fingerprint density at radius 2 is 1.47 bits per heavy atom. The molecule has 0 saturated carbocycles. The second kappa shape index (κ2) is 16.4. The number of unbranched alkanes of at least 4 members (excludes halogenated alkanes) is 1. The highest BCUT2D eigenvalue weighted by atomic mass is 35.5. The van der Waals surface area contributed by atoms with Gasteiger partial charge in [0.1, 0.15) is 12.1 Å². The molecule has 0 bridgehead atoms. The van der Waals surface area contributed by atoms with Gasteiger partial charge in [-0.1, -0.05) is 27.7 Å². The molecular formula is C22H40ClN5O6. The van der Waals surface area contributed by atoms with Crippen LogP contribution in [0.5, 0.6) is 0 Å². The second-order valence-electron chi connectivity index (χ2n) is 9.07. The molecule has 0 saturated heterocycles. The SMILES string of the molecule is CC(C)CC(NC(=O)C(NC(=O)C(N)CC(=O)O)C(C)C)C(=O)NC(CCCCN)C(=O)CCl. The maximum atomic E-state index is 13.0. The molecule has 0 aliphatic carbocycles. The Bertz CT molecular complexity index is 703. The van der Waals surface area contributed by atoms with E-state index in [-0.39, 0.29) is 23.5 Å². The Morgan fingerprint density at radius 1 is 0.882 bits per heavy atom. The predicted molar refractivity (Wildman–Crippen MR) is 129 cm³/mol. The van der Waals surface area contributed by atoms with Gasteiger partial charge in [-0.2, -0.15) is 0 Å². The van der Waals surface area contributed by atoms with Crippen LogP contribution in [0.25, 0.3) is 0 Å². The van der Waals surface area contributed by atoms with E-state index >= 15 is 0 Å². The normalized spacial score (nSPS) is 14.7. The van der Waals surface area contributed by atoms with Gasteiger partial charge in [0.25, 0.3) is 0 Å². The number of alkyl halides is 1. The third-order valence-electron chi connectivity index (χ3n) is 5.10. The fraction of sp³-hybridized carbons (Fsp3) is 0.773. The number of halogens is 1. The predicted octanol–water partition coefficient (Wildman–Crippen LogP) is -0.118. The fourth-order valence-corrected chi connectivity index (χ4v) is 3.40. The van der Waals surface area contributed by atoms with E-state index in [1.165, 1.54) is 0 Å². The molecule has 34 heavy (non-hydrogen) atoms. The van der Waals surface area contributed by atoms with E-state index in [0.717, 1.165) is 0 Å². The number of nitrogens with one attached hydrogen (secondary N) is 3. The van der Waals surface area contributed by atoms with Crippen molar-refractivity contribution in [2.45, 2.75) is 84.0 Å². The van der Waals surface area contributed by atoms with E-state index in [0.29, 0.717) is 32.2 Å². The van der Waals surface area contributed by atoms with Crippen molar-refractivity contribution in [3.05, 3.63) is 0 Å². The summed E-state index contributed by atoms with van der Waals surface area (Å²) in [6.45, 7) is 7.60. The molecule has 0 aromatic carbocycles. The summed E-state index contributed by atoms with van der Waals surface area (Å²) < 4.78 is 0. The van der Waals surface area contributed by atoms with Crippen molar-refractivity contribution in [3.8, 4) is 0 Å². The summed E-state index contributed by atoms with van der Waals surface area (Å²) in [7, 11) is 0. The highest BCUT2D eigenvalue weighted by molar-refractivity contribution is 6.28. The lowest BCUT2D eigenvalue weighted by molar-refractivity contribution is -0.140. The molecule has 0 aromatic rings. The van der Waals surface area contributed by atoms with Gasteiger partial charge >= 0.3 is 5.97 Å².